The quantitative estimate of drug-likeness (QED) is 0.455. The van der Waals surface area contributed by atoms with Gasteiger partial charge in [-0.2, -0.15) is 0 Å². The summed E-state index contributed by atoms with van der Waals surface area (Å²) in [6.07, 6.45) is 2.61. The molecule has 0 saturated carbocycles. The van der Waals surface area contributed by atoms with Gasteiger partial charge in [-0.1, -0.05) is 12.2 Å². The van der Waals surface area contributed by atoms with Gasteiger partial charge in [-0.05, 0) is 6.92 Å². The molecular weight excluding hydrogens is 193 g/mol. The predicted molar refractivity (Wildman–Crippen MR) is 49.3 cm³/mol. The molecule has 0 radical (unpaired) electrons. The first-order valence-corrected chi connectivity index (χ1v) is 5.59. The Balaban J connectivity index is 3.85. The van der Waals surface area contributed by atoms with Gasteiger partial charge in [0.1, 0.15) is 0 Å². The zero-order chi connectivity index (χ0) is 10.5. The molecule has 13 heavy (non-hydrogen) atoms. The Morgan fingerprint density at radius 2 is 2.15 bits per heavy atom. The maximum absolute atomic E-state index is 10.5. The number of hydrogen-bond donors (Lipinski definition) is 3. The highest BCUT2D eigenvalue weighted by Crippen LogP contribution is 2.33. The molecule has 0 spiro atoms. The van der Waals surface area contributed by atoms with Crippen LogP contribution in [0.1, 0.15) is 13.8 Å². The van der Waals surface area contributed by atoms with Crippen molar-refractivity contribution in [2.45, 2.75) is 19.9 Å². The fourth-order valence-corrected chi connectivity index (χ4v) is 1.17. The standard InChI is InChI=1S/C7H14NO4P/c1-6(8-7(2)9)4-3-5-13(10,11)12/h3-4,6H,5H2,1-2H3,(H,8,9)(H2,10,11,12). The minimum atomic E-state index is -3.96. The van der Waals surface area contributed by atoms with Gasteiger partial charge in [0.25, 0.3) is 0 Å². The van der Waals surface area contributed by atoms with Crippen molar-refractivity contribution in [1.82, 2.24) is 5.32 Å². The van der Waals surface area contributed by atoms with Crippen molar-refractivity contribution in [3.63, 3.8) is 0 Å². The van der Waals surface area contributed by atoms with Crippen LogP contribution in [0, 0.1) is 0 Å². The average Bonchev–Trinajstić information content (AvgIpc) is 1.81. The molecule has 1 atom stereocenters. The molecule has 0 aromatic rings. The first-order valence-electron chi connectivity index (χ1n) is 3.79. The molecule has 0 aliphatic heterocycles. The van der Waals surface area contributed by atoms with E-state index in [0.29, 0.717) is 0 Å². The number of rotatable bonds is 4. The second-order valence-electron chi connectivity index (χ2n) is 2.76. The third kappa shape index (κ3) is 9.27. The van der Waals surface area contributed by atoms with Crippen LogP contribution in [-0.4, -0.2) is 27.9 Å². The Bertz CT molecular complexity index is 245. The molecule has 5 nitrogen and oxygen atoms in total. The van der Waals surface area contributed by atoms with E-state index < -0.39 is 7.60 Å². The average molecular weight is 207 g/mol. The molecule has 0 aliphatic carbocycles. The summed E-state index contributed by atoms with van der Waals surface area (Å²) in [6, 6.07) is -0.205. The van der Waals surface area contributed by atoms with E-state index in [0.717, 1.165) is 0 Å². The van der Waals surface area contributed by atoms with Crippen LogP contribution in [0.2, 0.25) is 0 Å². The lowest BCUT2D eigenvalue weighted by atomic mass is 10.3. The van der Waals surface area contributed by atoms with Crippen molar-refractivity contribution in [1.29, 1.82) is 0 Å². The smallest absolute Gasteiger partial charge is 0.329 e. The van der Waals surface area contributed by atoms with E-state index in [9.17, 15) is 9.36 Å². The molecule has 3 N–H and O–H groups in total. The summed E-state index contributed by atoms with van der Waals surface area (Å²) < 4.78 is 10.4. The number of nitrogens with one attached hydrogen (secondary N) is 1. The molecule has 1 unspecified atom stereocenters. The molecule has 0 aromatic heterocycles. The van der Waals surface area contributed by atoms with Gasteiger partial charge in [0.2, 0.25) is 5.91 Å². The van der Waals surface area contributed by atoms with Crippen LogP contribution in [0.5, 0.6) is 0 Å². The molecule has 76 valence electrons. The minimum Gasteiger partial charge on any atom is -0.350 e. The van der Waals surface area contributed by atoms with Crippen molar-refractivity contribution in [2.24, 2.45) is 0 Å². The molecule has 0 saturated heterocycles. The van der Waals surface area contributed by atoms with Gasteiger partial charge in [0.15, 0.2) is 0 Å². The lowest BCUT2D eigenvalue weighted by Crippen LogP contribution is -2.28. The molecule has 0 bridgehead atoms. The number of amides is 1. The van der Waals surface area contributed by atoms with Crippen LogP contribution in [0.4, 0.5) is 0 Å². The fraction of sp³-hybridized carbons (Fsp3) is 0.571. The van der Waals surface area contributed by atoms with Crippen LogP contribution in [0.3, 0.4) is 0 Å². The highest BCUT2D eigenvalue weighted by atomic mass is 31.2. The summed E-state index contributed by atoms with van der Waals surface area (Å²) in [6.45, 7) is 3.10. The molecule has 0 aliphatic rings. The Morgan fingerprint density at radius 3 is 2.54 bits per heavy atom. The van der Waals surface area contributed by atoms with Crippen molar-refractivity contribution < 1.29 is 19.1 Å². The second kappa shape index (κ2) is 5.17. The predicted octanol–water partition coefficient (Wildman–Crippen LogP) is 0.245. The van der Waals surface area contributed by atoms with E-state index >= 15 is 0 Å². The number of hydrogen-bond acceptors (Lipinski definition) is 2. The molecule has 1 amide bonds. The largest absolute Gasteiger partial charge is 0.350 e. The summed E-state index contributed by atoms with van der Waals surface area (Å²) in [5.74, 6) is -0.173. The first kappa shape index (κ1) is 12.4. The molecule has 0 heterocycles. The maximum atomic E-state index is 10.5. The monoisotopic (exact) mass is 207 g/mol. The lowest BCUT2D eigenvalue weighted by molar-refractivity contribution is -0.119. The normalized spacial score (nSPS) is 14.5. The summed E-state index contributed by atoms with van der Waals surface area (Å²) in [5, 5.41) is 2.55. The lowest BCUT2D eigenvalue weighted by Gasteiger charge is -2.06. The zero-order valence-corrected chi connectivity index (χ0v) is 8.49. The Hall–Kier alpha value is -0.640. The minimum absolute atomic E-state index is 0.173. The van der Waals surface area contributed by atoms with Crippen molar-refractivity contribution in [3.05, 3.63) is 12.2 Å². The summed E-state index contributed by atoms with van der Waals surface area (Å²) in [7, 11) is -3.96. The third-order valence-corrected chi connectivity index (χ3v) is 1.89. The third-order valence-electron chi connectivity index (χ3n) is 1.20. The van der Waals surface area contributed by atoms with E-state index in [-0.39, 0.29) is 18.1 Å². The van der Waals surface area contributed by atoms with Crippen molar-refractivity contribution in [2.75, 3.05) is 6.16 Å². The van der Waals surface area contributed by atoms with Crippen LogP contribution in [0.15, 0.2) is 12.2 Å². The van der Waals surface area contributed by atoms with Crippen LogP contribution >= 0.6 is 7.60 Å². The van der Waals surface area contributed by atoms with E-state index in [1.165, 1.54) is 13.0 Å². The molecule has 0 fully saturated rings. The molecular formula is C7H14NO4P. The van der Waals surface area contributed by atoms with Gasteiger partial charge in [0, 0.05) is 13.0 Å². The van der Waals surface area contributed by atoms with Crippen molar-refractivity contribution in [3.8, 4) is 0 Å². The highest BCUT2D eigenvalue weighted by Gasteiger charge is 2.08. The Morgan fingerprint density at radius 1 is 1.62 bits per heavy atom. The zero-order valence-electron chi connectivity index (χ0n) is 7.60. The van der Waals surface area contributed by atoms with E-state index in [1.807, 2.05) is 0 Å². The molecule has 6 heteroatoms. The fourth-order valence-electron chi connectivity index (χ4n) is 0.771. The number of carbonyl (C=O) groups excluding carboxylic acids is 1. The maximum Gasteiger partial charge on any atom is 0.329 e. The summed E-state index contributed by atoms with van der Waals surface area (Å²) in [5.41, 5.74) is 0. The van der Waals surface area contributed by atoms with Crippen LogP contribution in [0.25, 0.3) is 0 Å². The summed E-state index contributed by atoms with van der Waals surface area (Å²) >= 11 is 0. The van der Waals surface area contributed by atoms with Gasteiger partial charge in [-0.3, -0.25) is 9.36 Å². The van der Waals surface area contributed by atoms with E-state index in [2.05, 4.69) is 5.32 Å². The Labute approximate surface area is 77.0 Å². The number of carbonyl (C=O) groups is 1. The SMILES string of the molecule is CC(=O)NC(C)C=CCP(=O)(O)O. The Kier molecular flexibility index (Phi) is 4.91. The van der Waals surface area contributed by atoms with Gasteiger partial charge < -0.3 is 15.1 Å². The van der Waals surface area contributed by atoms with Gasteiger partial charge in [-0.25, -0.2) is 0 Å². The molecule has 0 aromatic carbocycles. The topological polar surface area (TPSA) is 86.6 Å². The van der Waals surface area contributed by atoms with Gasteiger partial charge >= 0.3 is 7.60 Å². The van der Waals surface area contributed by atoms with Crippen LogP contribution < -0.4 is 5.32 Å². The van der Waals surface area contributed by atoms with E-state index in [4.69, 9.17) is 9.79 Å². The van der Waals surface area contributed by atoms with Gasteiger partial charge in [0.05, 0.1) is 6.16 Å². The van der Waals surface area contributed by atoms with Crippen LogP contribution in [-0.2, 0) is 9.36 Å². The second-order valence-corrected chi connectivity index (χ2v) is 4.46. The summed E-state index contributed by atoms with van der Waals surface area (Å²) in [4.78, 5) is 27.5. The van der Waals surface area contributed by atoms with Crippen molar-refractivity contribution >= 4 is 13.5 Å². The van der Waals surface area contributed by atoms with Gasteiger partial charge in [-0.15, -0.1) is 0 Å². The first-order chi connectivity index (χ1) is 5.81. The molecule has 0 rings (SSSR count). The highest BCUT2D eigenvalue weighted by molar-refractivity contribution is 7.51. The number of allylic oxidation sites excluding steroid dienone is 1. The van der Waals surface area contributed by atoms with E-state index in [1.54, 1.807) is 13.0 Å².